The van der Waals surface area contributed by atoms with Crippen LogP contribution in [0.25, 0.3) is 6.08 Å². The van der Waals surface area contributed by atoms with Gasteiger partial charge >= 0.3 is 5.97 Å². The predicted octanol–water partition coefficient (Wildman–Crippen LogP) is 5.08. The molecule has 2 heterocycles. The number of halogens is 1. The number of aromatic nitrogens is 1. The second kappa shape index (κ2) is 10.6. The second-order valence-electron chi connectivity index (χ2n) is 9.24. The van der Waals surface area contributed by atoms with Gasteiger partial charge < -0.3 is 9.47 Å². The van der Waals surface area contributed by atoms with Gasteiger partial charge in [0.15, 0.2) is 4.80 Å². The maximum atomic E-state index is 13.8. The Morgan fingerprint density at radius 3 is 2.44 bits per heavy atom. The quantitative estimate of drug-likeness (QED) is 0.389. The summed E-state index contributed by atoms with van der Waals surface area (Å²) >= 11 is 4.83. The summed E-state index contributed by atoms with van der Waals surface area (Å²) in [5.74, 6) is 0.486. The van der Waals surface area contributed by atoms with Crippen molar-refractivity contribution in [3.8, 4) is 5.75 Å². The molecule has 0 fully saturated rings. The summed E-state index contributed by atoms with van der Waals surface area (Å²) in [5, 5.41) is 0. The van der Waals surface area contributed by atoms with Crippen LogP contribution in [0.15, 0.2) is 68.0 Å². The van der Waals surface area contributed by atoms with E-state index >= 15 is 0 Å². The molecule has 0 spiro atoms. The number of carbonyl (C=O) groups is 1. The number of rotatable bonds is 6. The van der Waals surface area contributed by atoms with E-state index in [1.807, 2.05) is 36.4 Å². The maximum Gasteiger partial charge on any atom is 0.338 e. The van der Waals surface area contributed by atoms with Gasteiger partial charge in [0.2, 0.25) is 0 Å². The Balaban J connectivity index is 1.95. The van der Waals surface area contributed by atoms with Crippen LogP contribution in [0, 0.1) is 0 Å². The largest absolute Gasteiger partial charge is 0.496 e. The van der Waals surface area contributed by atoms with Crippen molar-refractivity contribution in [2.45, 2.75) is 52.7 Å². The van der Waals surface area contributed by atoms with Crippen LogP contribution in [0.5, 0.6) is 5.75 Å². The molecule has 1 aliphatic rings. The molecular formula is C28H29BrN2O4S. The molecule has 3 aromatic rings. The van der Waals surface area contributed by atoms with E-state index in [0.29, 0.717) is 37.8 Å². The highest BCUT2D eigenvalue weighted by Crippen LogP contribution is 2.37. The van der Waals surface area contributed by atoms with E-state index in [9.17, 15) is 9.59 Å². The number of ether oxygens (including phenoxy) is 2. The van der Waals surface area contributed by atoms with Crippen molar-refractivity contribution in [2.75, 3.05) is 7.11 Å². The number of allylic oxidation sites excluding steroid dienone is 1. The molecule has 1 aliphatic heterocycles. The lowest BCUT2D eigenvalue weighted by Crippen LogP contribution is -2.40. The standard InChI is InChI=1S/C28H29BrN2O4S/c1-15(2)19-9-7-18(8-10-19)13-23-26(32)31-25(21-14-20(29)11-12-22(21)34-6)24(27(33)35-16(3)4)17(5)30-28(31)36-23/h7-16,25H,1-6H3/b23-13-/t25-/m1/s1. The molecule has 6 nitrogen and oxygen atoms in total. The van der Waals surface area contributed by atoms with E-state index in [1.165, 1.54) is 16.9 Å². The molecule has 4 rings (SSSR count). The Morgan fingerprint density at radius 1 is 1.14 bits per heavy atom. The monoisotopic (exact) mass is 568 g/mol. The second-order valence-corrected chi connectivity index (χ2v) is 11.2. The summed E-state index contributed by atoms with van der Waals surface area (Å²) in [7, 11) is 1.57. The van der Waals surface area contributed by atoms with Crippen molar-refractivity contribution in [3.63, 3.8) is 0 Å². The van der Waals surface area contributed by atoms with E-state index < -0.39 is 12.0 Å². The maximum absolute atomic E-state index is 13.8. The smallest absolute Gasteiger partial charge is 0.338 e. The number of methoxy groups -OCH3 is 1. The Hall–Kier alpha value is -2.97. The van der Waals surface area contributed by atoms with Crippen molar-refractivity contribution >= 4 is 39.3 Å². The molecule has 0 amide bonds. The molecule has 36 heavy (non-hydrogen) atoms. The zero-order valence-electron chi connectivity index (χ0n) is 21.2. The first-order valence-corrected chi connectivity index (χ1v) is 13.4. The van der Waals surface area contributed by atoms with Gasteiger partial charge in [-0.3, -0.25) is 9.36 Å². The molecule has 1 aromatic heterocycles. The van der Waals surface area contributed by atoms with Crippen molar-refractivity contribution in [1.29, 1.82) is 0 Å². The molecular weight excluding hydrogens is 540 g/mol. The van der Waals surface area contributed by atoms with Gasteiger partial charge in [-0.1, -0.05) is 65.4 Å². The highest BCUT2D eigenvalue weighted by atomic mass is 79.9. The van der Waals surface area contributed by atoms with E-state index in [4.69, 9.17) is 9.47 Å². The number of hydrogen-bond donors (Lipinski definition) is 0. The molecule has 1 atom stereocenters. The van der Waals surface area contributed by atoms with Crippen LogP contribution in [-0.2, 0) is 9.53 Å². The zero-order chi connectivity index (χ0) is 26.1. The lowest BCUT2D eigenvalue weighted by molar-refractivity contribution is -0.143. The number of fused-ring (bicyclic) bond motifs is 1. The van der Waals surface area contributed by atoms with Crippen LogP contribution in [0.1, 0.15) is 63.3 Å². The zero-order valence-corrected chi connectivity index (χ0v) is 23.6. The molecule has 8 heteroatoms. The van der Waals surface area contributed by atoms with Crippen LogP contribution >= 0.6 is 27.3 Å². The molecule has 0 saturated carbocycles. The van der Waals surface area contributed by atoms with Gasteiger partial charge in [0.1, 0.15) is 11.8 Å². The number of esters is 1. The third-order valence-electron chi connectivity index (χ3n) is 5.97. The molecule has 0 bridgehead atoms. The van der Waals surface area contributed by atoms with Crippen LogP contribution in [0.2, 0.25) is 0 Å². The van der Waals surface area contributed by atoms with E-state index in [0.717, 1.165) is 10.0 Å². The molecule has 2 aromatic carbocycles. The Bertz CT molecular complexity index is 1510. The lowest BCUT2D eigenvalue weighted by atomic mass is 9.95. The highest BCUT2D eigenvalue weighted by molar-refractivity contribution is 9.10. The van der Waals surface area contributed by atoms with Gasteiger partial charge in [-0.25, -0.2) is 9.79 Å². The van der Waals surface area contributed by atoms with Crippen LogP contribution in [0.3, 0.4) is 0 Å². The fourth-order valence-electron chi connectivity index (χ4n) is 4.20. The van der Waals surface area contributed by atoms with Gasteiger partial charge in [-0.05, 0) is 62.1 Å². The van der Waals surface area contributed by atoms with E-state index in [2.05, 4.69) is 46.9 Å². The average molecular weight is 570 g/mol. The summed E-state index contributed by atoms with van der Waals surface area (Å²) in [6.45, 7) is 9.65. The summed E-state index contributed by atoms with van der Waals surface area (Å²) in [6.07, 6.45) is 1.55. The third-order valence-corrected chi connectivity index (χ3v) is 7.45. The van der Waals surface area contributed by atoms with Gasteiger partial charge in [-0.2, -0.15) is 0 Å². The summed E-state index contributed by atoms with van der Waals surface area (Å²) in [4.78, 5) is 32.3. The number of nitrogens with zero attached hydrogens (tertiary/aromatic N) is 2. The van der Waals surface area contributed by atoms with Crippen molar-refractivity contribution in [3.05, 3.63) is 94.6 Å². The minimum atomic E-state index is -0.745. The summed E-state index contributed by atoms with van der Waals surface area (Å²) < 4.78 is 14.1. The normalized spacial score (nSPS) is 15.8. The number of hydrogen-bond acceptors (Lipinski definition) is 6. The van der Waals surface area contributed by atoms with E-state index in [1.54, 1.807) is 32.4 Å². The van der Waals surface area contributed by atoms with Crippen LogP contribution < -0.4 is 19.6 Å². The van der Waals surface area contributed by atoms with Crippen molar-refractivity contribution in [2.24, 2.45) is 4.99 Å². The minimum absolute atomic E-state index is 0.221. The molecule has 0 N–H and O–H groups in total. The van der Waals surface area contributed by atoms with Gasteiger partial charge in [0.25, 0.3) is 5.56 Å². The average Bonchev–Trinajstić information content (AvgIpc) is 3.12. The minimum Gasteiger partial charge on any atom is -0.496 e. The summed E-state index contributed by atoms with van der Waals surface area (Å²) in [5.41, 5.74) is 3.45. The number of carbonyl (C=O) groups excluding carboxylic acids is 1. The highest BCUT2D eigenvalue weighted by Gasteiger charge is 2.35. The van der Waals surface area contributed by atoms with Crippen LogP contribution in [-0.4, -0.2) is 23.8 Å². The first-order chi connectivity index (χ1) is 17.1. The first kappa shape index (κ1) is 26.1. The fourth-order valence-corrected chi connectivity index (χ4v) is 5.63. The van der Waals surface area contributed by atoms with Crippen molar-refractivity contribution in [1.82, 2.24) is 4.57 Å². The van der Waals surface area contributed by atoms with Gasteiger partial charge in [-0.15, -0.1) is 0 Å². The molecule has 0 radical (unpaired) electrons. The lowest BCUT2D eigenvalue weighted by Gasteiger charge is -2.26. The Morgan fingerprint density at radius 2 is 1.83 bits per heavy atom. The molecule has 0 saturated heterocycles. The molecule has 188 valence electrons. The fraction of sp³-hybridized carbons (Fsp3) is 0.321. The van der Waals surface area contributed by atoms with Gasteiger partial charge in [0.05, 0.1) is 29.0 Å². The molecule has 0 unspecified atom stereocenters. The summed E-state index contributed by atoms with van der Waals surface area (Å²) in [6, 6.07) is 13.0. The topological polar surface area (TPSA) is 69.9 Å². The van der Waals surface area contributed by atoms with E-state index in [-0.39, 0.29) is 11.7 Å². The van der Waals surface area contributed by atoms with Gasteiger partial charge in [0, 0.05) is 10.0 Å². The first-order valence-electron chi connectivity index (χ1n) is 11.8. The predicted molar refractivity (Wildman–Crippen MR) is 146 cm³/mol. The molecule has 0 aliphatic carbocycles. The third kappa shape index (κ3) is 5.11. The number of thiazole rings is 1. The Labute approximate surface area is 222 Å². The van der Waals surface area contributed by atoms with Crippen LogP contribution in [0.4, 0.5) is 0 Å². The number of benzene rings is 2. The van der Waals surface area contributed by atoms with Crippen molar-refractivity contribution < 1.29 is 14.3 Å². The SMILES string of the molecule is COc1ccc(Br)cc1[C@@H]1C(C(=O)OC(C)C)=C(C)N=c2s/c(=C\c3ccc(C(C)C)cc3)c(=O)n21. The Kier molecular flexibility index (Phi) is 7.66.